The Balaban J connectivity index is 2.11. The van der Waals surface area contributed by atoms with Crippen LogP contribution in [-0.2, 0) is 0 Å². The lowest BCUT2D eigenvalue weighted by Gasteiger charge is -2.34. The zero-order valence-corrected chi connectivity index (χ0v) is 8.30. The van der Waals surface area contributed by atoms with Crippen LogP contribution < -0.4 is 4.90 Å². The van der Waals surface area contributed by atoms with E-state index in [-0.39, 0.29) is 6.10 Å². The van der Waals surface area contributed by atoms with Gasteiger partial charge in [0.25, 0.3) is 0 Å². The molecular weight excluding hydrogens is 178 g/mol. The molecule has 0 bridgehead atoms. The molecule has 14 heavy (non-hydrogen) atoms. The minimum Gasteiger partial charge on any atom is -0.391 e. The van der Waals surface area contributed by atoms with Crippen LogP contribution >= 0.6 is 0 Å². The molecule has 0 amide bonds. The minimum atomic E-state index is -0.235. The SMILES string of the molecule is C[C@@H]1C[C@H](O)CN(c2cnccn2)C1. The molecule has 0 aromatic carbocycles. The Bertz CT molecular complexity index is 281. The van der Waals surface area contributed by atoms with Gasteiger partial charge < -0.3 is 10.0 Å². The first-order valence-corrected chi connectivity index (χ1v) is 4.94. The van der Waals surface area contributed by atoms with Crippen LogP contribution in [0.1, 0.15) is 13.3 Å². The molecule has 0 unspecified atom stereocenters. The van der Waals surface area contributed by atoms with Crippen LogP contribution in [0.4, 0.5) is 5.82 Å². The molecule has 2 heterocycles. The number of aromatic nitrogens is 2. The van der Waals surface area contributed by atoms with Crippen molar-refractivity contribution >= 4 is 5.82 Å². The van der Waals surface area contributed by atoms with E-state index in [0.29, 0.717) is 12.5 Å². The van der Waals surface area contributed by atoms with Gasteiger partial charge in [-0.25, -0.2) is 4.98 Å². The third-order valence-corrected chi connectivity index (χ3v) is 2.51. The van der Waals surface area contributed by atoms with Crippen molar-refractivity contribution in [2.24, 2.45) is 5.92 Å². The highest BCUT2D eigenvalue weighted by Gasteiger charge is 2.23. The third-order valence-electron chi connectivity index (χ3n) is 2.51. The fourth-order valence-corrected chi connectivity index (χ4v) is 1.96. The fraction of sp³-hybridized carbons (Fsp3) is 0.600. The highest BCUT2D eigenvalue weighted by atomic mass is 16.3. The Kier molecular flexibility index (Phi) is 2.63. The summed E-state index contributed by atoms with van der Waals surface area (Å²) in [6, 6.07) is 0. The first-order valence-electron chi connectivity index (χ1n) is 4.94. The van der Waals surface area contributed by atoms with Gasteiger partial charge in [-0.2, -0.15) is 0 Å². The summed E-state index contributed by atoms with van der Waals surface area (Å²) in [5.41, 5.74) is 0. The Labute approximate surface area is 83.6 Å². The molecule has 4 heteroatoms. The zero-order valence-electron chi connectivity index (χ0n) is 8.30. The van der Waals surface area contributed by atoms with Gasteiger partial charge in [-0.3, -0.25) is 4.98 Å². The van der Waals surface area contributed by atoms with Crippen molar-refractivity contribution in [1.29, 1.82) is 0 Å². The van der Waals surface area contributed by atoms with Crippen LogP contribution in [0.2, 0.25) is 0 Å². The van der Waals surface area contributed by atoms with Gasteiger partial charge in [0.15, 0.2) is 0 Å². The lowest BCUT2D eigenvalue weighted by molar-refractivity contribution is 0.132. The second kappa shape index (κ2) is 3.92. The molecule has 0 saturated carbocycles. The van der Waals surface area contributed by atoms with E-state index in [1.54, 1.807) is 18.6 Å². The molecule has 1 N–H and O–H groups in total. The maximum absolute atomic E-state index is 9.62. The zero-order chi connectivity index (χ0) is 9.97. The van der Waals surface area contributed by atoms with Crippen molar-refractivity contribution in [2.45, 2.75) is 19.4 Å². The number of aliphatic hydroxyl groups is 1. The molecule has 0 aliphatic carbocycles. The maximum Gasteiger partial charge on any atom is 0.147 e. The van der Waals surface area contributed by atoms with Crippen molar-refractivity contribution in [3.8, 4) is 0 Å². The standard InChI is InChI=1S/C10H15N3O/c1-8-4-9(14)7-13(6-8)10-5-11-2-3-12-10/h2-3,5,8-9,14H,4,6-7H2,1H3/t8-,9+/m1/s1. The molecule has 1 saturated heterocycles. The lowest BCUT2D eigenvalue weighted by Crippen LogP contribution is -2.42. The highest BCUT2D eigenvalue weighted by molar-refractivity contribution is 5.35. The second-order valence-corrected chi connectivity index (χ2v) is 3.96. The van der Waals surface area contributed by atoms with Gasteiger partial charge in [-0.1, -0.05) is 6.92 Å². The smallest absolute Gasteiger partial charge is 0.147 e. The van der Waals surface area contributed by atoms with Crippen LogP contribution in [0.3, 0.4) is 0 Å². The van der Waals surface area contributed by atoms with Crippen LogP contribution in [0, 0.1) is 5.92 Å². The number of anilines is 1. The fourth-order valence-electron chi connectivity index (χ4n) is 1.96. The number of β-amino-alcohol motifs (C(OH)–C–C–N with tert-alkyl or cyclic N) is 1. The average molecular weight is 193 g/mol. The van der Waals surface area contributed by atoms with Crippen LogP contribution in [-0.4, -0.2) is 34.3 Å². The lowest BCUT2D eigenvalue weighted by atomic mass is 9.98. The Morgan fingerprint density at radius 1 is 1.43 bits per heavy atom. The number of rotatable bonds is 1. The summed E-state index contributed by atoms with van der Waals surface area (Å²) < 4.78 is 0. The third kappa shape index (κ3) is 2.01. The molecule has 1 aromatic heterocycles. The summed E-state index contributed by atoms with van der Waals surface area (Å²) in [5.74, 6) is 1.37. The first kappa shape index (κ1) is 9.40. The highest BCUT2D eigenvalue weighted by Crippen LogP contribution is 2.20. The van der Waals surface area contributed by atoms with E-state index in [4.69, 9.17) is 0 Å². The molecule has 0 radical (unpaired) electrons. The van der Waals surface area contributed by atoms with Gasteiger partial charge >= 0.3 is 0 Å². The van der Waals surface area contributed by atoms with E-state index >= 15 is 0 Å². The van der Waals surface area contributed by atoms with E-state index in [1.807, 2.05) is 0 Å². The second-order valence-electron chi connectivity index (χ2n) is 3.96. The van der Waals surface area contributed by atoms with Gasteiger partial charge in [0, 0.05) is 25.5 Å². The van der Waals surface area contributed by atoms with Gasteiger partial charge in [0.05, 0.1) is 12.3 Å². The number of hydrogen-bond acceptors (Lipinski definition) is 4. The van der Waals surface area contributed by atoms with Crippen molar-refractivity contribution in [3.63, 3.8) is 0 Å². The predicted octanol–water partition coefficient (Wildman–Crippen LogP) is 0.684. The Morgan fingerprint density at radius 3 is 2.93 bits per heavy atom. The number of aliphatic hydroxyl groups excluding tert-OH is 1. The van der Waals surface area contributed by atoms with E-state index in [2.05, 4.69) is 21.8 Å². The molecule has 76 valence electrons. The van der Waals surface area contributed by atoms with Crippen molar-refractivity contribution < 1.29 is 5.11 Å². The Morgan fingerprint density at radius 2 is 2.29 bits per heavy atom. The van der Waals surface area contributed by atoms with Crippen LogP contribution in [0.5, 0.6) is 0 Å². The van der Waals surface area contributed by atoms with Gasteiger partial charge in [0.2, 0.25) is 0 Å². The summed E-state index contributed by atoms with van der Waals surface area (Å²) in [4.78, 5) is 10.3. The van der Waals surface area contributed by atoms with Crippen molar-refractivity contribution in [3.05, 3.63) is 18.6 Å². The van der Waals surface area contributed by atoms with E-state index in [1.165, 1.54) is 0 Å². The molecular formula is C10H15N3O. The van der Waals surface area contributed by atoms with Crippen molar-refractivity contribution in [1.82, 2.24) is 9.97 Å². The Hall–Kier alpha value is -1.16. The van der Waals surface area contributed by atoms with Crippen molar-refractivity contribution in [2.75, 3.05) is 18.0 Å². The van der Waals surface area contributed by atoms with Gasteiger partial charge in [0.1, 0.15) is 5.82 Å². The molecule has 1 fully saturated rings. The average Bonchev–Trinajstić information content (AvgIpc) is 2.18. The summed E-state index contributed by atoms with van der Waals surface area (Å²) in [7, 11) is 0. The quantitative estimate of drug-likeness (QED) is 0.712. The molecule has 0 spiro atoms. The molecule has 2 atom stereocenters. The summed E-state index contributed by atoms with van der Waals surface area (Å²) in [6.07, 6.45) is 5.73. The predicted molar refractivity (Wildman–Crippen MR) is 54.0 cm³/mol. The van der Waals surface area contributed by atoms with Gasteiger partial charge in [-0.05, 0) is 12.3 Å². The molecule has 2 rings (SSSR count). The summed E-state index contributed by atoms with van der Waals surface area (Å²) >= 11 is 0. The molecule has 1 aromatic rings. The van der Waals surface area contributed by atoms with Crippen LogP contribution in [0.15, 0.2) is 18.6 Å². The topological polar surface area (TPSA) is 49.2 Å². The number of hydrogen-bond donors (Lipinski definition) is 1. The largest absolute Gasteiger partial charge is 0.391 e. The first-order chi connectivity index (χ1) is 6.75. The molecule has 1 aliphatic rings. The van der Waals surface area contributed by atoms with E-state index in [9.17, 15) is 5.11 Å². The molecule has 1 aliphatic heterocycles. The monoisotopic (exact) mass is 193 g/mol. The summed E-state index contributed by atoms with van der Waals surface area (Å²) in [6.45, 7) is 3.77. The normalized spacial score (nSPS) is 27.7. The molecule has 4 nitrogen and oxygen atoms in total. The summed E-state index contributed by atoms with van der Waals surface area (Å²) in [5, 5.41) is 9.62. The van der Waals surface area contributed by atoms with Crippen LogP contribution in [0.25, 0.3) is 0 Å². The number of piperidine rings is 1. The van der Waals surface area contributed by atoms with Gasteiger partial charge in [-0.15, -0.1) is 0 Å². The minimum absolute atomic E-state index is 0.235. The van der Waals surface area contributed by atoms with E-state index < -0.39 is 0 Å². The van der Waals surface area contributed by atoms with E-state index in [0.717, 1.165) is 18.8 Å². The number of nitrogens with zero attached hydrogens (tertiary/aromatic N) is 3. The maximum atomic E-state index is 9.62.